The van der Waals surface area contributed by atoms with Crippen molar-refractivity contribution in [3.05, 3.63) is 64.3 Å². The lowest BCUT2D eigenvalue weighted by atomic mass is 10.2. The summed E-state index contributed by atoms with van der Waals surface area (Å²) in [7, 11) is 0. The van der Waals surface area contributed by atoms with Crippen LogP contribution in [0.15, 0.2) is 47.4 Å². The van der Waals surface area contributed by atoms with Gasteiger partial charge in [-0.2, -0.15) is 0 Å². The van der Waals surface area contributed by atoms with E-state index in [0.717, 1.165) is 5.56 Å². The number of halogens is 1. The highest BCUT2D eigenvalue weighted by molar-refractivity contribution is 5.90. The number of hydrogen-bond donors (Lipinski definition) is 1. The number of anilines is 1. The number of carbonyl (C=O) groups excluding carboxylic acids is 1. The van der Waals surface area contributed by atoms with Gasteiger partial charge in [-0.15, -0.1) is 0 Å². The minimum absolute atomic E-state index is 0.108. The summed E-state index contributed by atoms with van der Waals surface area (Å²) >= 11 is 0. The third-order valence-corrected chi connectivity index (χ3v) is 2.88. The van der Waals surface area contributed by atoms with Crippen molar-refractivity contribution in [1.82, 2.24) is 4.57 Å². The van der Waals surface area contributed by atoms with Gasteiger partial charge in [0.25, 0.3) is 5.56 Å². The van der Waals surface area contributed by atoms with Crippen molar-refractivity contribution < 1.29 is 9.18 Å². The topological polar surface area (TPSA) is 51.1 Å². The van der Waals surface area contributed by atoms with Crippen LogP contribution in [0.1, 0.15) is 12.0 Å². The van der Waals surface area contributed by atoms with Gasteiger partial charge in [0, 0.05) is 25.2 Å². The lowest BCUT2D eigenvalue weighted by Gasteiger charge is -2.08. The zero-order valence-corrected chi connectivity index (χ0v) is 11.1. The Kier molecular flexibility index (Phi) is 4.30. The van der Waals surface area contributed by atoms with Gasteiger partial charge in [-0.3, -0.25) is 9.59 Å². The lowest BCUT2D eigenvalue weighted by Crippen LogP contribution is -2.22. The lowest BCUT2D eigenvalue weighted by molar-refractivity contribution is -0.116. The molecule has 1 amide bonds. The number of benzene rings is 1. The first-order valence-corrected chi connectivity index (χ1v) is 6.28. The third-order valence-electron chi connectivity index (χ3n) is 2.88. The van der Waals surface area contributed by atoms with Gasteiger partial charge in [0.15, 0.2) is 0 Å². The molecule has 0 saturated carbocycles. The molecule has 0 fully saturated rings. The maximum absolute atomic E-state index is 13.6. The van der Waals surface area contributed by atoms with E-state index < -0.39 is 5.82 Å². The number of rotatable bonds is 4. The first-order valence-electron chi connectivity index (χ1n) is 6.28. The summed E-state index contributed by atoms with van der Waals surface area (Å²) < 4.78 is 15.0. The van der Waals surface area contributed by atoms with Gasteiger partial charge in [-0.1, -0.05) is 12.1 Å². The van der Waals surface area contributed by atoms with Crippen molar-refractivity contribution in [3.63, 3.8) is 0 Å². The molecule has 0 aliphatic carbocycles. The summed E-state index contributed by atoms with van der Waals surface area (Å²) in [4.78, 5) is 23.2. The fraction of sp³-hybridized carbons (Fsp3) is 0.200. The van der Waals surface area contributed by atoms with Gasteiger partial charge < -0.3 is 9.88 Å². The van der Waals surface area contributed by atoms with E-state index in [1.165, 1.54) is 22.8 Å². The number of aryl methyl sites for hydroxylation is 2. The molecule has 0 bridgehead atoms. The monoisotopic (exact) mass is 274 g/mol. The second-order valence-electron chi connectivity index (χ2n) is 4.51. The zero-order chi connectivity index (χ0) is 14.5. The maximum atomic E-state index is 13.6. The van der Waals surface area contributed by atoms with Crippen LogP contribution in [-0.4, -0.2) is 10.5 Å². The van der Waals surface area contributed by atoms with Crippen molar-refractivity contribution in [2.24, 2.45) is 0 Å². The number of pyridine rings is 1. The highest BCUT2D eigenvalue weighted by Crippen LogP contribution is 2.15. The predicted molar refractivity (Wildman–Crippen MR) is 75.1 cm³/mol. The molecule has 1 aromatic carbocycles. The molecule has 0 radical (unpaired) electrons. The third kappa shape index (κ3) is 3.54. The van der Waals surface area contributed by atoms with E-state index in [1.54, 1.807) is 31.3 Å². The molecular formula is C15H15FN2O2. The molecule has 0 atom stereocenters. The van der Waals surface area contributed by atoms with Crippen molar-refractivity contribution in [3.8, 4) is 0 Å². The number of carbonyl (C=O) groups is 1. The Morgan fingerprint density at radius 1 is 1.30 bits per heavy atom. The summed E-state index contributed by atoms with van der Waals surface area (Å²) in [6.07, 6.45) is 1.72. The van der Waals surface area contributed by atoms with E-state index in [2.05, 4.69) is 5.32 Å². The van der Waals surface area contributed by atoms with Gasteiger partial charge in [0.05, 0.1) is 5.69 Å². The van der Waals surface area contributed by atoms with E-state index in [9.17, 15) is 14.0 Å². The number of nitrogens with zero attached hydrogens (tertiary/aromatic N) is 1. The molecule has 2 aromatic rings. The van der Waals surface area contributed by atoms with E-state index >= 15 is 0 Å². The smallest absolute Gasteiger partial charge is 0.250 e. The summed E-state index contributed by atoms with van der Waals surface area (Å²) in [5.41, 5.74) is 0.777. The highest BCUT2D eigenvalue weighted by Gasteiger charge is 2.07. The van der Waals surface area contributed by atoms with E-state index in [0.29, 0.717) is 0 Å². The minimum Gasteiger partial charge on any atom is -0.324 e. The van der Waals surface area contributed by atoms with Gasteiger partial charge >= 0.3 is 0 Å². The van der Waals surface area contributed by atoms with Crippen LogP contribution >= 0.6 is 0 Å². The minimum atomic E-state index is -0.463. The van der Waals surface area contributed by atoms with Crippen LogP contribution in [0.4, 0.5) is 10.1 Å². The highest BCUT2D eigenvalue weighted by atomic mass is 19.1. The second kappa shape index (κ2) is 6.14. The molecule has 0 aliphatic heterocycles. The van der Waals surface area contributed by atoms with Gasteiger partial charge in [-0.25, -0.2) is 4.39 Å². The fourth-order valence-electron chi connectivity index (χ4n) is 1.80. The average molecular weight is 274 g/mol. The fourth-order valence-corrected chi connectivity index (χ4v) is 1.80. The molecule has 104 valence electrons. The summed E-state index contributed by atoms with van der Waals surface area (Å²) in [6.45, 7) is 2.04. The summed E-state index contributed by atoms with van der Waals surface area (Å²) in [5.74, 6) is -0.793. The van der Waals surface area contributed by atoms with Crippen LogP contribution in [0.5, 0.6) is 0 Å². The van der Waals surface area contributed by atoms with Crippen LogP contribution < -0.4 is 10.9 Å². The Bertz CT molecular complexity index is 680. The van der Waals surface area contributed by atoms with E-state index in [4.69, 9.17) is 0 Å². The largest absolute Gasteiger partial charge is 0.324 e. The molecule has 1 N–H and O–H groups in total. The van der Waals surface area contributed by atoms with Crippen LogP contribution in [0.2, 0.25) is 0 Å². The summed E-state index contributed by atoms with van der Waals surface area (Å²) in [5, 5.41) is 2.50. The molecule has 1 heterocycles. The number of amides is 1. The van der Waals surface area contributed by atoms with Crippen molar-refractivity contribution >= 4 is 11.6 Å². The molecule has 2 rings (SSSR count). The van der Waals surface area contributed by atoms with Gasteiger partial charge in [-0.05, 0) is 30.7 Å². The second-order valence-corrected chi connectivity index (χ2v) is 4.51. The molecule has 0 aliphatic rings. The average Bonchev–Trinajstić information content (AvgIpc) is 2.41. The number of nitrogens with one attached hydrogen (secondary N) is 1. The van der Waals surface area contributed by atoms with Crippen LogP contribution in [0, 0.1) is 12.7 Å². The Labute approximate surface area is 115 Å². The summed E-state index contributed by atoms with van der Waals surface area (Å²) in [6, 6.07) is 9.39. The zero-order valence-electron chi connectivity index (χ0n) is 11.1. The first-order chi connectivity index (χ1) is 9.56. The first kappa shape index (κ1) is 14.0. The Hall–Kier alpha value is -2.43. The van der Waals surface area contributed by atoms with Crippen molar-refractivity contribution in [2.45, 2.75) is 19.9 Å². The molecule has 0 spiro atoms. The molecule has 1 aromatic heterocycles. The van der Waals surface area contributed by atoms with Crippen LogP contribution in [-0.2, 0) is 11.3 Å². The molecule has 0 saturated heterocycles. The molecule has 5 heteroatoms. The predicted octanol–water partition coefficient (Wildman–Crippen LogP) is 2.32. The van der Waals surface area contributed by atoms with Crippen LogP contribution in [0.3, 0.4) is 0 Å². The normalized spacial score (nSPS) is 10.3. The Morgan fingerprint density at radius 3 is 2.80 bits per heavy atom. The maximum Gasteiger partial charge on any atom is 0.250 e. The Balaban J connectivity index is 1.96. The van der Waals surface area contributed by atoms with Gasteiger partial charge in [0.1, 0.15) is 5.82 Å². The van der Waals surface area contributed by atoms with Crippen molar-refractivity contribution in [1.29, 1.82) is 0 Å². The Morgan fingerprint density at radius 2 is 2.10 bits per heavy atom. The van der Waals surface area contributed by atoms with Gasteiger partial charge in [0.2, 0.25) is 5.91 Å². The number of aromatic nitrogens is 1. The van der Waals surface area contributed by atoms with E-state index in [-0.39, 0.29) is 30.1 Å². The molecular weight excluding hydrogens is 259 g/mol. The van der Waals surface area contributed by atoms with Crippen molar-refractivity contribution in [2.75, 3.05) is 5.32 Å². The molecule has 4 nitrogen and oxygen atoms in total. The number of hydrogen-bond acceptors (Lipinski definition) is 2. The quantitative estimate of drug-likeness (QED) is 0.930. The standard InChI is InChI=1S/C15H15FN2O2/c1-11-5-6-13(12(16)10-11)17-14(19)7-9-18-8-3-2-4-15(18)20/h2-6,8,10H,7,9H2,1H3,(H,17,19). The van der Waals surface area contributed by atoms with Crippen LogP contribution in [0.25, 0.3) is 0 Å². The SMILES string of the molecule is Cc1ccc(NC(=O)CCn2ccccc2=O)c(F)c1. The molecule has 0 unspecified atom stereocenters. The molecule has 20 heavy (non-hydrogen) atoms. The van der Waals surface area contributed by atoms with E-state index in [1.807, 2.05) is 0 Å².